The zero-order valence-electron chi connectivity index (χ0n) is 41.9. The van der Waals surface area contributed by atoms with Crippen molar-refractivity contribution in [3.63, 3.8) is 0 Å². The minimum atomic E-state index is -0.0794. The van der Waals surface area contributed by atoms with Gasteiger partial charge in [-0.3, -0.25) is 0 Å². The molecule has 5 aromatic carbocycles. The molecule has 0 saturated carbocycles. The van der Waals surface area contributed by atoms with E-state index in [1.807, 2.05) is 60.7 Å². The predicted octanol–water partition coefficient (Wildman–Crippen LogP) is 15.7. The van der Waals surface area contributed by atoms with Crippen LogP contribution in [0.2, 0.25) is 0 Å². The van der Waals surface area contributed by atoms with E-state index in [4.69, 9.17) is 0 Å². The molecule has 5 rings (SSSR count). The van der Waals surface area contributed by atoms with E-state index in [2.05, 4.69) is 127 Å². The number of hydrogen-bond acceptors (Lipinski definition) is 5. The molecule has 70 heavy (non-hydrogen) atoms. The van der Waals surface area contributed by atoms with Crippen LogP contribution in [0.25, 0.3) is 0 Å². The maximum Gasteiger partial charge on any atom is 0.146 e. The monoisotopic (exact) mass is 1160 g/mol. The Kier molecular flexibility index (Phi) is 23.3. The van der Waals surface area contributed by atoms with E-state index in [1.165, 1.54) is 0 Å². The lowest BCUT2D eigenvalue weighted by molar-refractivity contribution is 0.469. The Morgan fingerprint density at radius 2 is 0.443 bits per heavy atom. The average Bonchev–Trinajstić information content (AvgIpc) is 3.34. The summed E-state index contributed by atoms with van der Waals surface area (Å²) in [5, 5.41) is 57.2. The number of rotatable bonds is 20. The van der Waals surface area contributed by atoms with Gasteiger partial charge in [0.2, 0.25) is 0 Å². The quantitative estimate of drug-likeness (QED) is 0.0304. The van der Waals surface area contributed by atoms with Crippen LogP contribution >= 0.6 is 45.2 Å². The third kappa shape index (κ3) is 16.7. The first-order valence-electron chi connectivity index (χ1n) is 25.6. The highest BCUT2D eigenvalue weighted by atomic mass is 127. The molecular weight excluding hydrogens is 1090 g/mol. The van der Waals surface area contributed by atoms with Crippen molar-refractivity contribution < 1.29 is 25.5 Å². The maximum absolute atomic E-state index is 11.9. The average molecular weight is 1160 g/mol. The third-order valence-corrected chi connectivity index (χ3v) is 14.1. The molecule has 0 saturated heterocycles. The van der Waals surface area contributed by atoms with Gasteiger partial charge in [-0.2, -0.15) is 0 Å². The van der Waals surface area contributed by atoms with E-state index in [9.17, 15) is 25.5 Å². The summed E-state index contributed by atoms with van der Waals surface area (Å²) < 4.78 is 1.49. The highest BCUT2D eigenvalue weighted by molar-refractivity contribution is 14.1. The third-order valence-electron chi connectivity index (χ3n) is 12.4. The van der Waals surface area contributed by atoms with Crippen LogP contribution in [0.15, 0.2) is 60.7 Å². The molecule has 0 aromatic heterocycles. The molecule has 0 aliphatic carbocycles. The minimum absolute atomic E-state index is 0.0519. The largest absolute Gasteiger partial charge is 0.506 e. The Hall–Kier alpha value is -5.20. The first-order valence-corrected chi connectivity index (χ1v) is 27.7. The van der Waals surface area contributed by atoms with Crippen LogP contribution in [0, 0.1) is 54.5 Å². The number of halogens is 2. The number of hydrogen-bond donors (Lipinski definition) is 5. The fourth-order valence-electron chi connectivity index (χ4n) is 8.31. The summed E-state index contributed by atoms with van der Waals surface area (Å²) in [7, 11) is 0. The van der Waals surface area contributed by atoms with Gasteiger partial charge in [0, 0.05) is 0 Å². The van der Waals surface area contributed by atoms with Crippen molar-refractivity contribution in [1.82, 2.24) is 0 Å². The summed E-state index contributed by atoms with van der Waals surface area (Å²) >= 11 is 4.30. The van der Waals surface area contributed by atoms with Gasteiger partial charge in [-0.1, -0.05) is 146 Å². The van der Waals surface area contributed by atoms with E-state index in [1.54, 1.807) is 0 Å². The van der Waals surface area contributed by atoms with E-state index in [0.717, 1.165) is 163 Å². The SMILES string of the molecule is CCCCCc1cc(I)c(O)c(C#Cc2cc(CCCCC)cc(C#Cc3cc(CCCCC)cc(C#Cc4cc(CCCCC)cc(C#Cc5cc(CCCCC)cc(I)c5O)c4O)c3O)c2O)c1. The van der Waals surface area contributed by atoms with Crippen LogP contribution < -0.4 is 0 Å². The number of benzene rings is 5. The van der Waals surface area contributed by atoms with Crippen LogP contribution in [-0.2, 0) is 32.1 Å². The Bertz CT molecular complexity index is 2660. The molecule has 0 bridgehead atoms. The summed E-state index contributed by atoms with van der Waals surface area (Å²) in [5.41, 5.74) is 8.70. The standard InChI is InChI=1S/C63H70I2O5/c1-6-11-16-21-44-34-49(26-28-51-36-45(22-17-12-7-2)38-53(60(51)67)30-32-55-40-47(24-19-14-9-4)42-57(64)62(55)69)59(66)50(35-44)27-29-52-37-46(23-18-13-8-3)39-54(61(52)68)31-33-56-41-48(25-20-15-10-5)43-58(65)63(56)70/h34-43,66-70H,6-25H2,1-5H3. The molecule has 366 valence electrons. The molecule has 5 nitrogen and oxygen atoms in total. The zero-order chi connectivity index (χ0) is 50.4. The molecule has 0 unspecified atom stereocenters. The van der Waals surface area contributed by atoms with Crippen molar-refractivity contribution in [2.75, 3.05) is 0 Å². The number of phenolic OH excluding ortho intramolecular Hbond substituents is 5. The highest BCUT2D eigenvalue weighted by Gasteiger charge is 2.14. The van der Waals surface area contributed by atoms with Gasteiger partial charge in [0.25, 0.3) is 0 Å². The summed E-state index contributed by atoms with van der Waals surface area (Å²) in [6.07, 6.45) is 20.1. The van der Waals surface area contributed by atoms with Crippen LogP contribution in [-0.4, -0.2) is 25.5 Å². The fourth-order valence-corrected chi connectivity index (χ4v) is 9.69. The molecule has 0 aliphatic heterocycles. The maximum atomic E-state index is 11.9. The first kappa shape index (κ1) is 55.7. The topological polar surface area (TPSA) is 101 Å². The highest BCUT2D eigenvalue weighted by Crippen LogP contribution is 2.32. The lowest BCUT2D eigenvalue weighted by atomic mass is 9.97. The van der Waals surface area contributed by atoms with Gasteiger partial charge in [0.05, 0.1) is 51.6 Å². The van der Waals surface area contributed by atoms with Gasteiger partial charge in [-0.15, -0.1) is 0 Å². The van der Waals surface area contributed by atoms with Gasteiger partial charge in [0.15, 0.2) is 0 Å². The van der Waals surface area contributed by atoms with Gasteiger partial charge in [-0.05, 0) is 198 Å². The van der Waals surface area contributed by atoms with Crippen molar-refractivity contribution in [3.05, 3.63) is 140 Å². The molecule has 7 heteroatoms. The number of phenols is 5. The normalized spacial score (nSPS) is 10.6. The van der Waals surface area contributed by atoms with Crippen molar-refractivity contribution >= 4 is 45.2 Å². The minimum Gasteiger partial charge on any atom is -0.506 e. The van der Waals surface area contributed by atoms with Crippen molar-refractivity contribution in [2.45, 2.75) is 163 Å². The Morgan fingerprint density at radius 1 is 0.271 bits per heavy atom. The summed E-state index contributed by atoms with van der Waals surface area (Å²) in [6, 6.07) is 19.4. The number of aryl methyl sites for hydroxylation is 5. The molecule has 0 atom stereocenters. The second-order valence-corrected chi connectivity index (χ2v) is 20.7. The first-order chi connectivity index (χ1) is 33.9. The Labute approximate surface area is 446 Å². The Morgan fingerprint density at radius 3 is 0.629 bits per heavy atom. The summed E-state index contributed by atoms with van der Waals surface area (Å²) in [5.74, 6) is 25.5. The van der Waals surface area contributed by atoms with E-state index in [0.29, 0.717) is 44.5 Å². The van der Waals surface area contributed by atoms with Gasteiger partial charge in [0.1, 0.15) is 28.7 Å². The van der Waals surface area contributed by atoms with Crippen LogP contribution in [0.3, 0.4) is 0 Å². The van der Waals surface area contributed by atoms with Crippen LogP contribution in [0.5, 0.6) is 28.7 Å². The van der Waals surface area contributed by atoms with Crippen LogP contribution in [0.4, 0.5) is 0 Å². The van der Waals surface area contributed by atoms with Crippen molar-refractivity contribution in [1.29, 1.82) is 0 Å². The zero-order valence-corrected chi connectivity index (χ0v) is 46.2. The van der Waals surface area contributed by atoms with E-state index >= 15 is 0 Å². The number of unbranched alkanes of at least 4 members (excludes halogenated alkanes) is 10. The molecule has 5 N–H and O–H groups in total. The number of aromatic hydroxyl groups is 5. The smallest absolute Gasteiger partial charge is 0.146 e. The second-order valence-electron chi connectivity index (χ2n) is 18.4. The van der Waals surface area contributed by atoms with Crippen molar-refractivity contribution in [2.24, 2.45) is 0 Å². The van der Waals surface area contributed by atoms with Gasteiger partial charge < -0.3 is 25.5 Å². The van der Waals surface area contributed by atoms with Gasteiger partial charge in [-0.25, -0.2) is 0 Å². The fraction of sp³-hybridized carbons (Fsp3) is 0.397. The van der Waals surface area contributed by atoms with Crippen molar-refractivity contribution in [3.8, 4) is 76.1 Å². The summed E-state index contributed by atoms with van der Waals surface area (Å²) in [6.45, 7) is 10.9. The van der Waals surface area contributed by atoms with Crippen LogP contribution in [0.1, 0.15) is 203 Å². The summed E-state index contributed by atoms with van der Waals surface area (Å²) in [4.78, 5) is 0. The van der Waals surface area contributed by atoms with E-state index < -0.39 is 0 Å². The molecular formula is C63H70I2O5. The molecule has 0 aliphatic rings. The second kappa shape index (κ2) is 29.2. The molecule has 0 spiro atoms. The molecule has 0 amide bonds. The molecule has 0 fully saturated rings. The Balaban J connectivity index is 1.59. The lowest BCUT2D eigenvalue weighted by Gasteiger charge is -2.09. The molecule has 5 aromatic rings. The van der Waals surface area contributed by atoms with E-state index in [-0.39, 0.29) is 28.7 Å². The molecule has 0 heterocycles. The molecule has 0 radical (unpaired) electrons. The lowest BCUT2D eigenvalue weighted by Crippen LogP contribution is -1.94. The van der Waals surface area contributed by atoms with Gasteiger partial charge >= 0.3 is 0 Å². The predicted molar refractivity (Wildman–Crippen MR) is 306 cm³/mol.